The third-order valence-electron chi connectivity index (χ3n) is 1.86. The van der Waals surface area contributed by atoms with Gasteiger partial charge in [0.05, 0.1) is 10.5 Å². The van der Waals surface area contributed by atoms with Crippen molar-refractivity contribution in [3.8, 4) is 0 Å². The molecule has 1 unspecified atom stereocenters. The smallest absolute Gasteiger partial charge is 0.252 e. The van der Waals surface area contributed by atoms with Crippen LogP contribution in [-0.2, 0) is 11.1 Å². The van der Waals surface area contributed by atoms with Crippen LogP contribution in [0.3, 0.4) is 0 Å². The van der Waals surface area contributed by atoms with Gasteiger partial charge in [-0.15, -0.1) is 0 Å². The van der Waals surface area contributed by atoms with Crippen molar-refractivity contribution in [2.24, 2.45) is 0 Å². The molecule has 1 rings (SSSR count). The van der Waals surface area contributed by atoms with Crippen LogP contribution in [0, 0.1) is 0 Å². The second-order valence-electron chi connectivity index (χ2n) is 3.00. The molecular formula is C10H13NO3S. The molecule has 0 bridgehead atoms. The van der Waals surface area contributed by atoms with Gasteiger partial charge in [-0.25, -0.2) is 4.21 Å². The van der Waals surface area contributed by atoms with Gasteiger partial charge in [-0.05, 0) is 18.6 Å². The van der Waals surface area contributed by atoms with Gasteiger partial charge in [-0.3, -0.25) is 4.79 Å². The van der Waals surface area contributed by atoms with E-state index in [2.05, 4.69) is 5.32 Å². The van der Waals surface area contributed by atoms with Gasteiger partial charge in [-0.2, -0.15) is 0 Å². The van der Waals surface area contributed by atoms with Gasteiger partial charge >= 0.3 is 0 Å². The minimum absolute atomic E-state index is 0.145. The molecule has 1 aromatic carbocycles. The zero-order valence-corrected chi connectivity index (χ0v) is 9.21. The predicted molar refractivity (Wildman–Crippen MR) is 58.1 cm³/mol. The molecule has 15 heavy (non-hydrogen) atoms. The number of hydrogen-bond donors (Lipinski definition) is 2. The number of nitrogens with one attached hydrogen (secondary N) is 1. The van der Waals surface area contributed by atoms with Crippen LogP contribution >= 0.6 is 0 Å². The summed E-state index contributed by atoms with van der Waals surface area (Å²) in [6.45, 7) is 2.50. The van der Waals surface area contributed by atoms with Crippen LogP contribution in [0.1, 0.15) is 23.7 Å². The van der Waals surface area contributed by atoms with E-state index < -0.39 is 11.1 Å². The van der Waals surface area contributed by atoms with Gasteiger partial charge in [0.2, 0.25) is 0 Å². The first-order valence-corrected chi connectivity index (χ1v) is 5.75. The lowest BCUT2D eigenvalue weighted by molar-refractivity contribution is 0.0950. The van der Waals surface area contributed by atoms with E-state index in [1.807, 2.05) is 6.92 Å². The van der Waals surface area contributed by atoms with Crippen molar-refractivity contribution in [2.75, 3.05) is 6.54 Å². The molecule has 0 saturated heterocycles. The minimum atomic E-state index is -2.13. The number of carbonyl (C=O) groups is 1. The molecule has 0 radical (unpaired) electrons. The Kier molecular flexibility index (Phi) is 4.45. The normalized spacial score (nSPS) is 12.1. The SMILES string of the molecule is CCCNC(=O)c1ccccc1S(=O)O. The summed E-state index contributed by atoms with van der Waals surface area (Å²) in [5.41, 5.74) is 0.256. The van der Waals surface area contributed by atoms with Gasteiger partial charge in [0.15, 0.2) is 11.1 Å². The molecule has 5 heteroatoms. The van der Waals surface area contributed by atoms with Crippen molar-refractivity contribution in [1.82, 2.24) is 5.32 Å². The zero-order valence-electron chi connectivity index (χ0n) is 8.40. The molecule has 0 aromatic heterocycles. The minimum Gasteiger partial charge on any atom is -0.352 e. The maximum absolute atomic E-state index is 11.6. The molecule has 1 aromatic rings. The molecule has 1 amide bonds. The molecule has 0 saturated carbocycles. The average molecular weight is 227 g/mol. The molecule has 2 N–H and O–H groups in total. The molecule has 82 valence electrons. The molecule has 1 atom stereocenters. The Labute approximate surface area is 91.0 Å². The van der Waals surface area contributed by atoms with E-state index in [-0.39, 0.29) is 16.4 Å². The molecule has 0 heterocycles. The number of amides is 1. The maximum Gasteiger partial charge on any atom is 0.252 e. The fourth-order valence-electron chi connectivity index (χ4n) is 1.14. The highest BCUT2D eigenvalue weighted by atomic mass is 32.2. The lowest BCUT2D eigenvalue weighted by atomic mass is 10.2. The summed E-state index contributed by atoms with van der Waals surface area (Å²) in [5, 5.41) is 2.66. The fraction of sp³-hybridized carbons (Fsp3) is 0.300. The van der Waals surface area contributed by atoms with E-state index in [1.54, 1.807) is 12.1 Å². The van der Waals surface area contributed by atoms with E-state index in [0.717, 1.165) is 6.42 Å². The molecule has 4 nitrogen and oxygen atoms in total. The quantitative estimate of drug-likeness (QED) is 0.764. The van der Waals surface area contributed by atoms with Crippen molar-refractivity contribution < 1.29 is 13.6 Å². The second-order valence-corrected chi connectivity index (χ2v) is 3.94. The lowest BCUT2D eigenvalue weighted by Gasteiger charge is -2.06. The Morgan fingerprint density at radius 3 is 2.73 bits per heavy atom. The highest BCUT2D eigenvalue weighted by molar-refractivity contribution is 7.79. The van der Waals surface area contributed by atoms with E-state index in [9.17, 15) is 9.00 Å². The molecular weight excluding hydrogens is 214 g/mol. The van der Waals surface area contributed by atoms with Crippen molar-refractivity contribution in [2.45, 2.75) is 18.2 Å². The first-order chi connectivity index (χ1) is 7.16. The largest absolute Gasteiger partial charge is 0.352 e. The van der Waals surface area contributed by atoms with E-state index >= 15 is 0 Å². The molecule has 0 aliphatic rings. The van der Waals surface area contributed by atoms with Crippen LogP contribution in [0.25, 0.3) is 0 Å². The average Bonchev–Trinajstić information content (AvgIpc) is 2.25. The Bertz CT molecular complexity index is 379. The van der Waals surface area contributed by atoms with Crippen LogP contribution < -0.4 is 5.32 Å². The third kappa shape index (κ3) is 3.14. The highest BCUT2D eigenvalue weighted by Gasteiger charge is 2.13. The summed E-state index contributed by atoms with van der Waals surface area (Å²) in [6.07, 6.45) is 0.829. The lowest BCUT2D eigenvalue weighted by Crippen LogP contribution is -2.25. The van der Waals surface area contributed by atoms with E-state index in [1.165, 1.54) is 12.1 Å². The summed E-state index contributed by atoms with van der Waals surface area (Å²) < 4.78 is 19.9. The molecule has 0 spiro atoms. The monoisotopic (exact) mass is 227 g/mol. The summed E-state index contributed by atoms with van der Waals surface area (Å²) in [6, 6.07) is 6.29. The molecule has 0 aliphatic heterocycles. The highest BCUT2D eigenvalue weighted by Crippen LogP contribution is 2.11. The van der Waals surface area contributed by atoms with Gasteiger partial charge in [-0.1, -0.05) is 19.1 Å². The summed E-state index contributed by atoms with van der Waals surface area (Å²) >= 11 is -2.13. The van der Waals surface area contributed by atoms with Crippen LogP contribution in [0.4, 0.5) is 0 Å². The first kappa shape index (κ1) is 11.9. The van der Waals surface area contributed by atoms with E-state index in [0.29, 0.717) is 6.54 Å². The van der Waals surface area contributed by atoms with E-state index in [4.69, 9.17) is 4.55 Å². The number of benzene rings is 1. The molecule has 0 fully saturated rings. The van der Waals surface area contributed by atoms with Crippen molar-refractivity contribution >= 4 is 17.0 Å². The van der Waals surface area contributed by atoms with Crippen LogP contribution in [0.2, 0.25) is 0 Å². The molecule has 0 aliphatic carbocycles. The standard InChI is InChI=1S/C10H13NO3S/c1-2-7-11-10(12)8-5-3-4-6-9(8)15(13)14/h3-6H,2,7H2,1H3,(H,11,12)(H,13,14). The van der Waals surface area contributed by atoms with Gasteiger partial charge < -0.3 is 9.87 Å². The summed E-state index contributed by atoms with van der Waals surface area (Å²) in [4.78, 5) is 11.7. The number of hydrogen-bond acceptors (Lipinski definition) is 2. The van der Waals surface area contributed by atoms with Crippen molar-refractivity contribution in [3.63, 3.8) is 0 Å². The predicted octanol–water partition coefficient (Wildman–Crippen LogP) is 1.41. The fourth-order valence-corrected chi connectivity index (χ4v) is 1.68. The van der Waals surface area contributed by atoms with Gasteiger partial charge in [0.25, 0.3) is 5.91 Å². The Morgan fingerprint density at radius 1 is 1.47 bits per heavy atom. The maximum atomic E-state index is 11.6. The second kappa shape index (κ2) is 5.63. The van der Waals surface area contributed by atoms with Gasteiger partial charge in [0, 0.05) is 6.54 Å². The Hall–Kier alpha value is -1.20. The first-order valence-electron chi connectivity index (χ1n) is 4.65. The topological polar surface area (TPSA) is 66.4 Å². The number of carbonyl (C=O) groups excluding carboxylic acids is 1. The zero-order chi connectivity index (χ0) is 11.3. The van der Waals surface area contributed by atoms with Crippen LogP contribution in [0.5, 0.6) is 0 Å². The summed E-state index contributed by atoms with van der Waals surface area (Å²) in [7, 11) is 0. The Morgan fingerprint density at radius 2 is 2.13 bits per heavy atom. The van der Waals surface area contributed by atoms with Crippen LogP contribution in [0.15, 0.2) is 29.2 Å². The summed E-state index contributed by atoms with van der Waals surface area (Å²) in [5.74, 6) is -0.310. The Balaban J connectivity index is 2.92. The van der Waals surface area contributed by atoms with Crippen molar-refractivity contribution in [3.05, 3.63) is 29.8 Å². The number of rotatable bonds is 4. The third-order valence-corrected chi connectivity index (χ3v) is 2.59. The van der Waals surface area contributed by atoms with Crippen molar-refractivity contribution in [1.29, 1.82) is 0 Å². The van der Waals surface area contributed by atoms with Gasteiger partial charge in [0.1, 0.15) is 0 Å². The van der Waals surface area contributed by atoms with Crippen LogP contribution in [-0.4, -0.2) is 21.2 Å².